The van der Waals surface area contributed by atoms with Crippen molar-refractivity contribution in [3.63, 3.8) is 0 Å². The molecule has 5 rings (SSSR count). The maximum Gasteiger partial charge on any atom is 0.355 e. The number of carboxylic acid groups (broad SMARTS) is 1. The molecule has 1 atom stereocenters. The lowest BCUT2D eigenvalue weighted by atomic mass is 9.82. The molecule has 2 aromatic carbocycles. The van der Waals surface area contributed by atoms with Crippen molar-refractivity contribution in [3.8, 4) is 11.5 Å². The SMILES string of the molecule is O=C(O)c1c(NCC2CCCc3cc(Oc4ccccc4)ccc32)ccc2cccn12. The summed E-state index contributed by atoms with van der Waals surface area (Å²) in [5.74, 6) is 1.08. The fraction of sp³-hybridized carbons (Fsp3) is 0.192. The second kappa shape index (κ2) is 8.19. The second-order valence-electron chi connectivity index (χ2n) is 7.95. The molecule has 0 aliphatic heterocycles. The van der Waals surface area contributed by atoms with Gasteiger partial charge in [0.15, 0.2) is 5.69 Å². The first-order valence-corrected chi connectivity index (χ1v) is 10.6. The molecular formula is C26H24N2O3. The van der Waals surface area contributed by atoms with Crippen molar-refractivity contribution < 1.29 is 14.6 Å². The predicted molar refractivity (Wildman–Crippen MR) is 121 cm³/mol. The van der Waals surface area contributed by atoms with Crippen LogP contribution < -0.4 is 10.1 Å². The highest BCUT2D eigenvalue weighted by Crippen LogP contribution is 2.35. The third kappa shape index (κ3) is 3.87. The summed E-state index contributed by atoms with van der Waals surface area (Å²) in [6.07, 6.45) is 5.01. The van der Waals surface area contributed by atoms with Gasteiger partial charge in [-0.1, -0.05) is 24.3 Å². The maximum absolute atomic E-state index is 11.9. The van der Waals surface area contributed by atoms with Crippen molar-refractivity contribution in [2.75, 3.05) is 11.9 Å². The minimum Gasteiger partial charge on any atom is -0.476 e. The van der Waals surface area contributed by atoms with Gasteiger partial charge in [0.2, 0.25) is 0 Å². The van der Waals surface area contributed by atoms with E-state index in [1.165, 1.54) is 11.1 Å². The number of aryl methyl sites for hydroxylation is 1. The van der Waals surface area contributed by atoms with Gasteiger partial charge in [-0.15, -0.1) is 0 Å². The monoisotopic (exact) mass is 412 g/mol. The van der Waals surface area contributed by atoms with E-state index < -0.39 is 5.97 Å². The number of nitrogens with zero attached hydrogens (tertiary/aromatic N) is 1. The molecule has 5 heteroatoms. The summed E-state index contributed by atoms with van der Waals surface area (Å²) in [4.78, 5) is 11.9. The number of carboxylic acids is 1. The molecule has 31 heavy (non-hydrogen) atoms. The summed E-state index contributed by atoms with van der Waals surface area (Å²) in [5.41, 5.74) is 4.42. The van der Waals surface area contributed by atoms with Gasteiger partial charge in [-0.05, 0) is 78.9 Å². The van der Waals surface area contributed by atoms with Gasteiger partial charge in [0.05, 0.1) is 5.69 Å². The van der Waals surface area contributed by atoms with Crippen molar-refractivity contribution in [1.82, 2.24) is 4.40 Å². The molecule has 0 bridgehead atoms. The molecule has 2 heterocycles. The van der Waals surface area contributed by atoms with E-state index in [2.05, 4.69) is 17.4 Å². The van der Waals surface area contributed by atoms with Gasteiger partial charge in [-0.25, -0.2) is 4.79 Å². The van der Waals surface area contributed by atoms with Gasteiger partial charge in [-0.2, -0.15) is 0 Å². The number of fused-ring (bicyclic) bond motifs is 2. The number of carbonyl (C=O) groups is 1. The predicted octanol–water partition coefficient (Wildman–Crippen LogP) is 5.96. The molecule has 5 nitrogen and oxygen atoms in total. The summed E-state index contributed by atoms with van der Waals surface area (Å²) in [7, 11) is 0. The van der Waals surface area contributed by atoms with Gasteiger partial charge in [-0.3, -0.25) is 0 Å². The third-order valence-corrected chi connectivity index (χ3v) is 5.97. The first-order chi connectivity index (χ1) is 15.2. The highest BCUT2D eigenvalue weighted by Gasteiger charge is 2.22. The van der Waals surface area contributed by atoms with Crippen molar-refractivity contribution in [2.24, 2.45) is 0 Å². The van der Waals surface area contributed by atoms with Gasteiger partial charge in [0.1, 0.15) is 11.5 Å². The van der Waals surface area contributed by atoms with E-state index in [9.17, 15) is 9.90 Å². The minimum atomic E-state index is -0.934. The van der Waals surface area contributed by atoms with Crippen LogP contribution in [-0.4, -0.2) is 22.0 Å². The zero-order valence-electron chi connectivity index (χ0n) is 17.1. The average molecular weight is 412 g/mol. The molecular weight excluding hydrogens is 388 g/mol. The number of nitrogens with one attached hydrogen (secondary N) is 1. The van der Waals surface area contributed by atoms with E-state index in [4.69, 9.17) is 4.74 Å². The van der Waals surface area contributed by atoms with Crippen LogP contribution in [0.5, 0.6) is 11.5 Å². The first kappa shape index (κ1) is 19.2. The number of aromatic carboxylic acids is 1. The molecule has 0 fully saturated rings. The van der Waals surface area contributed by atoms with E-state index in [1.54, 1.807) is 10.6 Å². The Kier molecular flexibility index (Phi) is 5.08. The number of hydrogen-bond acceptors (Lipinski definition) is 3. The molecule has 1 unspecified atom stereocenters. The molecule has 4 aromatic rings. The Morgan fingerprint density at radius 2 is 1.90 bits per heavy atom. The zero-order chi connectivity index (χ0) is 21.2. The van der Waals surface area contributed by atoms with Crippen molar-refractivity contribution >= 4 is 17.2 Å². The average Bonchev–Trinajstić information content (AvgIpc) is 3.26. The highest BCUT2D eigenvalue weighted by atomic mass is 16.5. The highest BCUT2D eigenvalue weighted by molar-refractivity contribution is 5.93. The van der Waals surface area contributed by atoms with Crippen LogP contribution in [0.1, 0.15) is 40.4 Å². The Morgan fingerprint density at radius 3 is 2.74 bits per heavy atom. The standard InChI is InChI=1S/C26H24N2O3/c29-26(30)25-24(14-11-20-8-5-15-28(20)25)27-17-19-7-4-6-18-16-22(12-13-23(18)19)31-21-9-2-1-3-10-21/h1-3,5,8-16,19,27H,4,6-7,17H2,(H,29,30). The van der Waals surface area contributed by atoms with E-state index in [0.717, 1.165) is 36.3 Å². The number of aromatic nitrogens is 1. The molecule has 0 radical (unpaired) electrons. The number of benzene rings is 2. The normalized spacial score (nSPS) is 15.4. The van der Waals surface area contributed by atoms with Crippen molar-refractivity contribution in [1.29, 1.82) is 0 Å². The lowest BCUT2D eigenvalue weighted by molar-refractivity contribution is 0.0690. The lowest BCUT2D eigenvalue weighted by Gasteiger charge is -2.27. The molecule has 2 aromatic heterocycles. The van der Waals surface area contributed by atoms with Crippen LogP contribution in [0.3, 0.4) is 0 Å². The van der Waals surface area contributed by atoms with Gasteiger partial charge in [0, 0.05) is 24.2 Å². The third-order valence-electron chi connectivity index (χ3n) is 5.97. The number of rotatable bonds is 6. The van der Waals surface area contributed by atoms with E-state index in [1.807, 2.05) is 60.7 Å². The van der Waals surface area contributed by atoms with Crippen LogP contribution in [-0.2, 0) is 6.42 Å². The Labute approximate surface area is 180 Å². The zero-order valence-corrected chi connectivity index (χ0v) is 17.1. The van der Waals surface area contributed by atoms with Gasteiger partial charge >= 0.3 is 5.97 Å². The molecule has 0 saturated carbocycles. The molecule has 156 valence electrons. The Bertz CT molecular complexity index is 1230. The quantitative estimate of drug-likeness (QED) is 0.410. The summed E-state index contributed by atoms with van der Waals surface area (Å²) in [5, 5.41) is 13.2. The number of ether oxygens (including phenoxy) is 1. The summed E-state index contributed by atoms with van der Waals surface area (Å²) < 4.78 is 7.72. The number of anilines is 1. The van der Waals surface area contributed by atoms with Crippen molar-refractivity contribution in [3.05, 3.63) is 95.8 Å². The molecule has 0 amide bonds. The van der Waals surface area contributed by atoms with Gasteiger partial charge in [0.25, 0.3) is 0 Å². The Morgan fingerprint density at radius 1 is 1.03 bits per heavy atom. The molecule has 1 aliphatic carbocycles. The number of hydrogen-bond donors (Lipinski definition) is 2. The lowest BCUT2D eigenvalue weighted by Crippen LogP contribution is -2.20. The summed E-state index contributed by atoms with van der Waals surface area (Å²) in [6.45, 7) is 0.693. The maximum atomic E-state index is 11.9. The van der Waals surface area contributed by atoms with Crippen molar-refractivity contribution in [2.45, 2.75) is 25.2 Å². The molecule has 0 saturated heterocycles. The Hall–Kier alpha value is -3.73. The van der Waals surface area contributed by atoms with E-state index in [0.29, 0.717) is 18.2 Å². The largest absolute Gasteiger partial charge is 0.476 e. The number of pyridine rings is 1. The van der Waals surface area contributed by atoms with Gasteiger partial charge < -0.3 is 19.6 Å². The topological polar surface area (TPSA) is 63.0 Å². The fourth-order valence-electron chi connectivity index (χ4n) is 4.50. The van der Waals surface area contributed by atoms with E-state index >= 15 is 0 Å². The molecule has 1 aliphatic rings. The fourth-order valence-corrected chi connectivity index (χ4v) is 4.50. The van der Waals surface area contributed by atoms with Crippen LogP contribution in [0, 0.1) is 0 Å². The molecule has 2 N–H and O–H groups in total. The van der Waals surface area contributed by atoms with Crippen LogP contribution in [0.15, 0.2) is 79.0 Å². The van der Waals surface area contributed by atoms with Crippen LogP contribution >= 0.6 is 0 Å². The summed E-state index contributed by atoms with van der Waals surface area (Å²) in [6, 6.07) is 23.7. The van der Waals surface area contributed by atoms with E-state index in [-0.39, 0.29) is 5.69 Å². The number of para-hydroxylation sites is 1. The first-order valence-electron chi connectivity index (χ1n) is 10.6. The van der Waals surface area contributed by atoms with Crippen LogP contribution in [0.25, 0.3) is 5.52 Å². The van der Waals surface area contributed by atoms with Crippen LogP contribution in [0.2, 0.25) is 0 Å². The smallest absolute Gasteiger partial charge is 0.355 e. The van der Waals surface area contributed by atoms with Crippen LogP contribution in [0.4, 0.5) is 5.69 Å². The summed E-state index contributed by atoms with van der Waals surface area (Å²) >= 11 is 0. The Balaban J connectivity index is 1.36. The molecule has 0 spiro atoms. The second-order valence-corrected chi connectivity index (χ2v) is 7.95. The minimum absolute atomic E-state index is 0.269.